The molecule has 6 nitrogen and oxygen atoms in total. The van der Waals surface area contributed by atoms with Gasteiger partial charge in [0.15, 0.2) is 0 Å². The Morgan fingerprint density at radius 3 is 2.48 bits per heavy atom. The third-order valence-electron chi connectivity index (χ3n) is 3.69. The van der Waals surface area contributed by atoms with E-state index in [1.54, 1.807) is 19.1 Å². The molecule has 1 saturated heterocycles. The summed E-state index contributed by atoms with van der Waals surface area (Å²) in [5, 5.41) is 0. The van der Waals surface area contributed by atoms with Crippen molar-refractivity contribution in [3.8, 4) is 5.75 Å². The number of hydrogen-bond acceptors (Lipinski definition) is 6. The van der Waals surface area contributed by atoms with Crippen LogP contribution in [0.4, 0.5) is 5.95 Å². The number of piperazine rings is 1. The van der Waals surface area contributed by atoms with Crippen LogP contribution in [0.15, 0.2) is 40.0 Å². The highest BCUT2D eigenvalue weighted by atomic mass is 32.2. The summed E-state index contributed by atoms with van der Waals surface area (Å²) in [7, 11) is 1.67. The molecule has 1 aromatic carbocycles. The fourth-order valence-electron chi connectivity index (χ4n) is 2.49. The van der Waals surface area contributed by atoms with Gasteiger partial charge in [0.05, 0.1) is 7.11 Å². The molecule has 2 heterocycles. The average Bonchev–Trinajstić information content (AvgIpc) is 2.55. The fourth-order valence-corrected chi connectivity index (χ4v) is 3.39. The van der Waals surface area contributed by atoms with E-state index < -0.39 is 0 Å². The third kappa shape index (κ3) is 4.05. The van der Waals surface area contributed by atoms with E-state index in [9.17, 15) is 4.79 Å². The number of anilines is 1. The van der Waals surface area contributed by atoms with Crippen molar-refractivity contribution in [3.05, 3.63) is 46.4 Å². The Balaban J connectivity index is 1.58. The van der Waals surface area contributed by atoms with Gasteiger partial charge in [0.1, 0.15) is 5.75 Å². The van der Waals surface area contributed by atoms with Crippen molar-refractivity contribution in [2.45, 2.75) is 11.8 Å². The standard InChI is InChI=1S/C16H20N4O2S/c1-12-11-15(21)18-16(17-12)19-7-9-20(10-8-19)23-14-5-3-13(22-2)4-6-14/h3-6,11H,7-10H2,1-2H3,(H,17,18,21). The number of H-pyrrole nitrogens is 1. The second-order valence-corrected chi connectivity index (χ2v) is 6.56. The van der Waals surface area contributed by atoms with Crippen molar-refractivity contribution < 1.29 is 4.74 Å². The number of methoxy groups -OCH3 is 1. The number of hydrogen-bond donors (Lipinski definition) is 1. The summed E-state index contributed by atoms with van der Waals surface area (Å²) < 4.78 is 7.50. The molecule has 1 aliphatic heterocycles. The molecule has 3 rings (SSSR count). The fraction of sp³-hybridized carbons (Fsp3) is 0.375. The first kappa shape index (κ1) is 15.9. The molecular weight excluding hydrogens is 312 g/mol. The largest absolute Gasteiger partial charge is 0.497 e. The van der Waals surface area contributed by atoms with Crippen LogP contribution in [0.2, 0.25) is 0 Å². The van der Waals surface area contributed by atoms with Gasteiger partial charge in [-0.3, -0.25) is 9.78 Å². The Labute approximate surface area is 139 Å². The van der Waals surface area contributed by atoms with E-state index in [4.69, 9.17) is 4.74 Å². The van der Waals surface area contributed by atoms with Gasteiger partial charge in [-0.2, -0.15) is 0 Å². The van der Waals surface area contributed by atoms with E-state index in [1.807, 2.05) is 19.1 Å². The minimum absolute atomic E-state index is 0.0949. The summed E-state index contributed by atoms with van der Waals surface area (Å²) in [4.78, 5) is 22.1. The monoisotopic (exact) mass is 332 g/mol. The third-order valence-corrected chi connectivity index (χ3v) is 4.80. The Morgan fingerprint density at radius 1 is 1.17 bits per heavy atom. The average molecular weight is 332 g/mol. The Bertz CT molecular complexity index is 709. The minimum atomic E-state index is -0.0949. The highest BCUT2D eigenvalue weighted by molar-refractivity contribution is 7.97. The molecule has 0 bridgehead atoms. The molecule has 1 N–H and O–H groups in total. The lowest BCUT2D eigenvalue weighted by Crippen LogP contribution is -2.44. The highest BCUT2D eigenvalue weighted by Gasteiger charge is 2.19. The predicted molar refractivity (Wildman–Crippen MR) is 92.2 cm³/mol. The zero-order chi connectivity index (χ0) is 16.2. The van der Waals surface area contributed by atoms with Gasteiger partial charge in [-0.1, -0.05) is 0 Å². The maximum absolute atomic E-state index is 11.6. The van der Waals surface area contributed by atoms with Crippen LogP contribution in [-0.4, -0.2) is 47.6 Å². The zero-order valence-corrected chi connectivity index (χ0v) is 14.1. The molecule has 1 fully saturated rings. The number of nitrogens with zero attached hydrogens (tertiary/aromatic N) is 3. The SMILES string of the molecule is COc1ccc(SN2CCN(c3nc(C)cc(=O)[nH]3)CC2)cc1. The Hall–Kier alpha value is -1.99. The lowest BCUT2D eigenvalue weighted by molar-refractivity contribution is 0.414. The van der Waals surface area contributed by atoms with Gasteiger partial charge in [-0.25, -0.2) is 9.29 Å². The quantitative estimate of drug-likeness (QED) is 0.863. The van der Waals surface area contributed by atoms with Crippen molar-refractivity contribution in [1.29, 1.82) is 0 Å². The summed E-state index contributed by atoms with van der Waals surface area (Å²) in [6, 6.07) is 9.59. The molecule has 7 heteroatoms. The molecule has 0 spiro atoms. The topological polar surface area (TPSA) is 61.5 Å². The van der Waals surface area contributed by atoms with Crippen molar-refractivity contribution >= 4 is 17.9 Å². The molecule has 1 aliphatic rings. The first-order valence-corrected chi connectivity index (χ1v) is 8.31. The number of benzene rings is 1. The lowest BCUT2D eigenvalue weighted by Gasteiger charge is -2.34. The first-order valence-electron chi connectivity index (χ1n) is 7.54. The van der Waals surface area contributed by atoms with Crippen LogP contribution in [-0.2, 0) is 0 Å². The molecule has 23 heavy (non-hydrogen) atoms. The summed E-state index contributed by atoms with van der Waals surface area (Å²) in [5.41, 5.74) is 0.654. The Kier molecular flexibility index (Phi) is 4.88. The number of aryl methyl sites for hydroxylation is 1. The van der Waals surface area contributed by atoms with Gasteiger partial charge < -0.3 is 9.64 Å². The first-order chi connectivity index (χ1) is 11.1. The van der Waals surface area contributed by atoms with Crippen LogP contribution >= 0.6 is 11.9 Å². The van der Waals surface area contributed by atoms with E-state index >= 15 is 0 Å². The second kappa shape index (κ2) is 7.06. The molecule has 2 aromatic rings. The van der Waals surface area contributed by atoms with Crippen molar-refractivity contribution in [3.63, 3.8) is 0 Å². The Morgan fingerprint density at radius 2 is 1.87 bits per heavy atom. The molecule has 1 aromatic heterocycles. The van der Waals surface area contributed by atoms with Crippen LogP contribution in [0.5, 0.6) is 5.75 Å². The van der Waals surface area contributed by atoms with Crippen LogP contribution in [0.25, 0.3) is 0 Å². The molecule has 0 saturated carbocycles. The van der Waals surface area contributed by atoms with E-state index in [2.05, 4.69) is 31.3 Å². The normalized spacial score (nSPS) is 15.7. The summed E-state index contributed by atoms with van der Waals surface area (Å²) in [6.07, 6.45) is 0. The van der Waals surface area contributed by atoms with Crippen LogP contribution < -0.4 is 15.2 Å². The molecular formula is C16H20N4O2S. The molecule has 0 unspecified atom stereocenters. The smallest absolute Gasteiger partial charge is 0.252 e. The number of rotatable bonds is 4. The zero-order valence-electron chi connectivity index (χ0n) is 13.3. The van der Waals surface area contributed by atoms with Crippen LogP contribution in [0, 0.1) is 6.92 Å². The summed E-state index contributed by atoms with van der Waals surface area (Å²) in [6.45, 7) is 5.35. The summed E-state index contributed by atoms with van der Waals surface area (Å²) >= 11 is 1.75. The van der Waals surface area contributed by atoms with Crippen molar-refractivity contribution in [1.82, 2.24) is 14.3 Å². The lowest BCUT2D eigenvalue weighted by atomic mass is 10.3. The number of ether oxygens (including phenoxy) is 1. The maximum Gasteiger partial charge on any atom is 0.252 e. The molecule has 0 atom stereocenters. The van der Waals surface area contributed by atoms with E-state index in [-0.39, 0.29) is 5.56 Å². The van der Waals surface area contributed by atoms with Gasteiger partial charge in [-0.15, -0.1) is 0 Å². The van der Waals surface area contributed by atoms with Gasteiger partial charge in [0.25, 0.3) is 5.56 Å². The molecule has 0 amide bonds. The van der Waals surface area contributed by atoms with Gasteiger partial charge in [-0.05, 0) is 43.1 Å². The summed E-state index contributed by atoms with van der Waals surface area (Å²) in [5.74, 6) is 1.54. The van der Waals surface area contributed by atoms with Gasteiger partial charge >= 0.3 is 0 Å². The van der Waals surface area contributed by atoms with Crippen molar-refractivity contribution in [2.24, 2.45) is 0 Å². The number of nitrogens with one attached hydrogen (secondary N) is 1. The number of aromatic nitrogens is 2. The van der Waals surface area contributed by atoms with E-state index in [0.29, 0.717) is 5.95 Å². The van der Waals surface area contributed by atoms with Crippen LogP contribution in [0.1, 0.15) is 5.69 Å². The predicted octanol–water partition coefficient (Wildman–Crippen LogP) is 1.92. The van der Waals surface area contributed by atoms with Crippen molar-refractivity contribution in [2.75, 3.05) is 38.2 Å². The van der Waals surface area contributed by atoms with Gasteiger partial charge in [0.2, 0.25) is 5.95 Å². The highest BCUT2D eigenvalue weighted by Crippen LogP contribution is 2.26. The molecule has 0 radical (unpaired) electrons. The van der Waals surface area contributed by atoms with E-state index in [1.165, 1.54) is 11.0 Å². The number of aromatic amines is 1. The maximum atomic E-state index is 11.6. The second-order valence-electron chi connectivity index (χ2n) is 5.39. The minimum Gasteiger partial charge on any atom is -0.497 e. The van der Waals surface area contributed by atoms with E-state index in [0.717, 1.165) is 37.6 Å². The molecule has 122 valence electrons. The van der Waals surface area contributed by atoms with Gasteiger partial charge in [0, 0.05) is 42.8 Å². The molecule has 0 aliphatic carbocycles. The van der Waals surface area contributed by atoms with Crippen LogP contribution in [0.3, 0.4) is 0 Å².